The van der Waals surface area contributed by atoms with Crippen LogP contribution in [-0.4, -0.2) is 25.2 Å². The Morgan fingerprint density at radius 2 is 2.09 bits per heavy atom. The summed E-state index contributed by atoms with van der Waals surface area (Å²) in [7, 11) is 1.35. The number of ether oxygens (including phenoxy) is 1. The van der Waals surface area contributed by atoms with Gasteiger partial charge >= 0.3 is 6.09 Å². The van der Waals surface area contributed by atoms with Crippen molar-refractivity contribution in [3.05, 3.63) is 48.0 Å². The minimum absolute atomic E-state index is 0.0561. The molecule has 2 atom stereocenters. The normalized spacial score (nSPS) is 17.8. The van der Waals surface area contributed by atoms with E-state index in [1.165, 1.54) is 7.11 Å². The van der Waals surface area contributed by atoms with Gasteiger partial charge in [0.1, 0.15) is 12.6 Å². The standard InChI is InChI=1S/C16H20N2O4/c1-21-18-15(19)14(13-9-5-6-10-13)17-16(20)22-11-12-7-3-2-4-8-12/h2-5,7-9,13-14H,6,10-11H2,1H3,(H,17,20)(H,18,19). The molecule has 0 saturated heterocycles. The van der Waals surface area contributed by atoms with Gasteiger partial charge in [-0.15, -0.1) is 0 Å². The van der Waals surface area contributed by atoms with E-state index in [1.54, 1.807) is 0 Å². The third kappa shape index (κ3) is 4.60. The molecule has 22 heavy (non-hydrogen) atoms. The van der Waals surface area contributed by atoms with Crippen LogP contribution < -0.4 is 10.8 Å². The number of hydrogen-bond acceptors (Lipinski definition) is 4. The van der Waals surface area contributed by atoms with Gasteiger partial charge in [0.2, 0.25) is 0 Å². The van der Waals surface area contributed by atoms with E-state index in [-0.39, 0.29) is 12.5 Å². The number of hydrogen-bond donors (Lipinski definition) is 2. The van der Waals surface area contributed by atoms with E-state index in [9.17, 15) is 9.59 Å². The maximum atomic E-state index is 12.0. The van der Waals surface area contributed by atoms with E-state index in [0.717, 1.165) is 18.4 Å². The Bertz CT molecular complexity index is 530. The number of alkyl carbamates (subject to hydrolysis) is 1. The SMILES string of the molecule is CONC(=O)C(NC(=O)OCc1ccccc1)C1C=CCC1. The molecule has 0 heterocycles. The van der Waals surface area contributed by atoms with Crippen LogP contribution in [0.1, 0.15) is 18.4 Å². The van der Waals surface area contributed by atoms with Crippen LogP contribution in [0.4, 0.5) is 4.79 Å². The van der Waals surface area contributed by atoms with Gasteiger partial charge in [-0.05, 0) is 18.4 Å². The minimum atomic E-state index is -0.707. The second-order valence-electron chi connectivity index (χ2n) is 5.02. The highest BCUT2D eigenvalue weighted by Gasteiger charge is 2.30. The van der Waals surface area contributed by atoms with Crippen molar-refractivity contribution in [2.75, 3.05) is 7.11 Å². The number of amides is 2. The van der Waals surface area contributed by atoms with Crippen LogP contribution >= 0.6 is 0 Å². The molecule has 0 aromatic heterocycles. The first-order chi connectivity index (χ1) is 10.7. The molecule has 2 N–H and O–H groups in total. The molecule has 1 aromatic carbocycles. The van der Waals surface area contributed by atoms with Crippen LogP contribution in [0.25, 0.3) is 0 Å². The number of rotatable bonds is 6. The van der Waals surface area contributed by atoms with Gasteiger partial charge in [-0.2, -0.15) is 0 Å². The fourth-order valence-electron chi connectivity index (χ4n) is 2.36. The van der Waals surface area contributed by atoms with E-state index in [4.69, 9.17) is 4.74 Å². The average molecular weight is 304 g/mol. The highest BCUT2D eigenvalue weighted by Crippen LogP contribution is 2.21. The number of carbonyl (C=O) groups excluding carboxylic acids is 2. The summed E-state index contributed by atoms with van der Waals surface area (Å²) in [5.41, 5.74) is 3.14. The number of nitrogens with one attached hydrogen (secondary N) is 2. The average Bonchev–Trinajstić information content (AvgIpc) is 3.06. The molecule has 0 aliphatic heterocycles. The monoisotopic (exact) mass is 304 g/mol. The molecular formula is C16H20N2O4. The zero-order chi connectivity index (χ0) is 15.8. The molecule has 2 amide bonds. The number of allylic oxidation sites excluding steroid dienone is 1. The molecule has 6 nitrogen and oxygen atoms in total. The van der Waals surface area contributed by atoms with Crippen molar-refractivity contribution in [2.45, 2.75) is 25.5 Å². The van der Waals surface area contributed by atoms with Crippen molar-refractivity contribution >= 4 is 12.0 Å². The van der Waals surface area contributed by atoms with Crippen molar-refractivity contribution in [3.8, 4) is 0 Å². The smallest absolute Gasteiger partial charge is 0.408 e. The second kappa shape index (κ2) is 8.19. The number of carbonyl (C=O) groups is 2. The summed E-state index contributed by atoms with van der Waals surface area (Å²) >= 11 is 0. The Balaban J connectivity index is 1.89. The Hall–Kier alpha value is -2.34. The largest absolute Gasteiger partial charge is 0.445 e. The molecular weight excluding hydrogens is 284 g/mol. The number of hydroxylamine groups is 1. The zero-order valence-electron chi connectivity index (χ0n) is 12.5. The van der Waals surface area contributed by atoms with Gasteiger partial charge in [0.05, 0.1) is 7.11 Å². The second-order valence-corrected chi connectivity index (χ2v) is 5.02. The molecule has 1 aliphatic carbocycles. The molecule has 2 rings (SSSR count). The Morgan fingerprint density at radius 1 is 1.32 bits per heavy atom. The predicted octanol–water partition coefficient (Wildman–Crippen LogP) is 1.93. The molecule has 0 radical (unpaired) electrons. The Morgan fingerprint density at radius 3 is 2.73 bits per heavy atom. The van der Waals surface area contributed by atoms with Gasteiger partial charge < -0.3 is 10.1 Å². The van der Waals surface area contributed by atoms with Crippen LogP contribution in [0.5, 0.6) is 0 Å². The fourth-order valence-corrected chi connectivity index (χ4v) is 2.36. The van der Waals surface area contributed by atoms with Gasteiger partial charge in [0, 0.05) is 5.92 Å². The maximum Gasteiger partial charge on any atom is 0.408 e. The molecule has 6 heteroatoms. The molecule has 0 saturated carbocycles. The first kappa shape index (κ1) is 16.0. The van der Waals surface area contributed by atoms with Crippen molar-refractivity contribution in [1.29, 1.82) is 0 Å². The first-order valence-electron chi connectivity index (χ1n) is 7.17. The highest BCUT2D eigenvalue weighted by atomic mass is 16.6. The van der Waals surface area contributed by atoms with Gasteiger partial charge in [-0.25, -0.2) is 10.3 Å². The fraction of sp³-hybridized carbons (Fsp3) is 0.375. The molecule has 0 bridgehead atoms. The maximum absolute atomic E-state index is 12.0. The van der Waals surface area contributed by atoms with E-state index in [1.807, 2.05) is 42.5 Å². The lowest BCUT2D eigenvalue weighted by Crippen LogP contribution is -2.50. The Labute approximate surface area is 129 Å². The third-order valence-corrected chi connectivity index (χ3v) is 3.45. The topological polar surface area (TPSA) is 76.7 Å². The predicted molar refractivity (Wildman–Crippen MR) is 80.6 cm³/mol. The summed E-state index contributed by atoms with van der Waals surface area (Å²) < 4.78 is 5.15. The van der Waals surface area contributed by atoms with Gasteiger partial charge in [-0.3, -0.25) is 9.63 Å². The summed E-state index contributed by atoms with van der Waals surface area (Å²) in [6.07, 6.45) is 5.00. The molecule has 0 spiro atoms. The zero-order valence-corrected chi connectivity index (χ0v) is 12.5. The van der Waals surface area contributed by atoms with Crippen molar-refractivity contribution in [2.24, 2.45) is 5.92 Å². The van der Waals surface area contributed by atoms with Crippen LogP contribution in [0.15, 0.2) is 42.5 Å². The van der Waals surface area contributed by atoms with E-state index in [0.29, 0.717) is 0 Å². The lowest BCUT2D eigenvalue weighted by molar-refractivity contribution is -0.134. The molecule has 118 valence electrons. The number of benzene rings is 1. The van der Waals surface area contributed by atoms with E-state index < -0.39 is 18.0 Å². The highest BCUT2D eigenvalue weighted by molar-refractivity contribution is 5.85. The molecule has 1 aromatic rings. The van der Waals surface area contributed by atoms with Crippen molar-refractivity contribution < 1.29 is 19.2 Å². The summed E-state index contributed by atoms with van der Waals surface area (Å²) in [6, 6.07) is 8.65. The lowest BCUT2D eigenvalue weighted by atomic mass is 9.99. The summed E-state index contributed by atoms with van der Waals surface area (Å²) in [4.78, 5) is 28.6. The third-order valence-electron chi connectivity index (χ3n) is 3.45. The van der Waals surface area contributed by atoms with Crippen molar-refractivity contribution in [3.63, 3.8) is 0 Å². The quantitative estimate of drug-likeness (QED) is 0.622. The molecule has 2 unspecified atom stereocenters. The summed E-state index contributed by atoms with van der Waals surface area (Å²) in [5, 5.41) is 2.61. The van der Waals surface area contributed by atoms with Gasteiger partial charge in [0.25, 0.3) is 5.91 Å². The van der Waals surface area contributed by atoms with Gasteiger partial charge in [-0.1, -0.05) is 42.5 Å². The van der Waals surface area contributed by atoms with Crippen LogP contribution in [0, 0.1) is 5.92 Å². The van der Waals surface area contributed by atoms with E-state index in [2.05, 4.69) is 15.6 Å². The van der Waals surface area contributed by atoms with E-state index >= 15 is 0 Å². The first-order valence-corrected chi connectivity index (χ1v) is 7.17. The molecule has 1 aliphatic rings. The Kier molecular flexibility index (Phi) is 5.97. The van der Waals surface area contributed by atoms with Gasteiger partial charge in [0.15, 0.2) is 0 Å². The van der Waals surface area contributed by atoms with Crippen molar-refractivity contribution in [1.82, 2.24) is 10.8 Å². The summed E-state index contributed by atoms with van der Waals surface area (Å²) in [5.74, 6) is -0.449. The van der Waals surface area contributed by atoms with Crippen LogP contribution in [-0.2, 0) is 21.0 Å². The summed E-state index contributed by atoms with van der Waals surface area (Å²) in [6.45, 7) is 0.159. The van der Waals surface area contributed by atoms with Crippen LogP contribution in [0.2, 0.25) is 0 Å². The molecule has 0 fully saturated rings. The van der Waals surface area contributed by atoms with Crippen LogP contribution in [0.3, 0.4) is 0 Å². The lowest BCUT2D eigenvalue weighted by Gasteiger charge is -2.22. The minimum Gasteiger partial charge on any atom is -0.445 e.